The minimum Gasteiger partial charge on any atom is -0.479 e. The zero-order chi connectivity index (χ0) is 11.5. The van der Waals surface area contributed by atoms with E-state index in [1.807, 2.05) is 6.92 Å². The molecule has 1 N–H and O–H groups in total. The number of hydrogen-bond acceptors (Lipinski definition) is 3. The number of aryl methyl sites for hydroxylation is 1. The molecule has 0 saturated carbocycles. The Kier molecular flexibility index (Phi) is 3.47. The van der Waals surface area contributed by atoms with Gasteiger partial charge in [-0.05, 0) is 19.4 Å². The van der Waals surface area contributed by atoms with Crippen LogP contribution in [-0.4, -0.2) is 34.6 Å². The summed E-state index contributed by atoms with van der Waals surface area (Å²) in [7, 11) is 1.55. The summed E-state index contributed by atoms with van der Waals surface area (Å²) < 4.78 is 6.39. The number of nitrogens with zero attached hydrogens (tertiary/aromatic N) is 2. The highest BCUT2D eigenvalue weighted by atomic mass is 16.5. The number of carboxylic acids is 1. The van der Waals surface area contributed by atoms with Crippen molar-refractivity contribution >= 4 is 5.97 Å². The van der Waals surface area contributed by atoms with Gasteiger partial charge in [-0.1, -0.05) is 0 Å². The molecule has 84 valence electrons. The lowest BCUT2D eigenvalue weighted by Crippen LogP contribution is -2.40. The van der Waals surface area contributed by atoms with Crippen LogP contribution in [0, 0.1) is 6.92 Å². The quantitative estimate of drug-likeness (QED) is 0.791. The Bertz CT molecular complexity index is 348. The van der Waals surface area contributed by atoms with Gasteiger partial charge in [0, 0.05) is 26.3 Å². The molecular weight excluding hydrogens is 196 g/mol. The number of methoxy groups -OCH3 is 1. The third-order valence-corrected chi connectivity index (χ3v) is 2.47. The fourth-order valence-electron chi connectivity index (χ4n) is 1.30. The van der Waals surface area contributed by atoms with E-state index >= 15 is 0 Å². The van der Waals surface area contributed by atoms with Crippen LogP contribution in [0.4, 0.5) is 0 Å². The van der Waals surface area contributed by atoms with Crippen LogP contribution in [0.2, 0.25) is 0 Å². The van der Waals surface area contributed by atoms with Gasteiger partial charge >= 0.3 is 5.97 Å². The molecule has 15 heavy (non-hydrogen) atoms. The monoisotopic (exact) mass is 212 g/mol. The number of carbonyl (C=O) groups is 1. The highest BCUT2D eigenvalue weighted by molar-refractivity contribution is 5.76. The van der Waals surface area contributed by atoms with Crippen molar-refractivity contribution in [3.8, 4) is 0 Å². The van der Waals surface area contributed by atoms with Crippen LogP contribution < -0.4 is 0 Å². The molecule has 0 fully saturated rings. The van der Waals surface area contributed by atoms with E-state index in [0.29, 0.717) is 13.0 Å². The predicted molar refractivity (Wildman–Crippen MR) is 54.7 cm³/mol. The zero-order valence-electron chi connectivity index (χ0n) is 9.23. The normalized spacial score (nSPS) is 14.9. The largest absolute Gasteiger partial charge is 0.479 e. The van der Waals surface area contributed by atoms with Crippen molar-refractivity contribution in [2.45, 2.75) is 25.8 Å². The predicted octanol–water partition coefficient (Wildman–Crippen LogP) is 1.03. The standard InChI is InChI=1S/C10H16N2O3/c1-8-6-11-12(7-8)10(2,9(13)14)4-5-15-3/h6-7H,4-5H2,1-3H3,(H,13,14). The number of rotatable bonds is 5. The second-order valence-electron chi connectivity index (χ2n) is 3.78. The Labute approximate surface area is 88.7 Å². The van der Waals surface area contributed by atoms with Crippen LogP contribution in [0.5, 0.6) is 0 Å². The van der Waals surface area contributed by atoms with E-state index in [9.17, 15) is 9.90 Å². The minimum atomic E-state index is -1.04. The Balaban J connectivity index is 2.95. The van der Waals surface area contributed by atoms with Gasteiger partial charge in [-0.25, -0.2) is 4.79 Å². The first-order valence-corrected chi connectivity index (χ1v) is 4.75. The highest BCUT2D eigenvalue weighted by Gasteiger charge is 2.35. The SMILES string of the molecule is COCCC(C)(C(=O)O)n1cc(C)cn1. The van der Waals surface area contributed by atoms with Crippen molar-refractivity contribution in [2.24, 2.45) is 0 Å². The summed E-state index contributed by atoms with van der Waals surface area (Å²) >= 11 is 0. The van der Waals surface area contributed by atoms with E-state index in [-0.39, 0.29) is 0 Å². The van der Waals surface area contributed by atoms with Gasteiger partial charge in [0.05, 0.1) is 6.20 Å². The zero-order valence-corrected chi connectivity index (χ0v) is 9.23. The Morgan fingerprint density at radius 1 is 1.73 bits per heavy atom. The van der Waals surface area contributed by atoms with Crippen molar-refractivity contribution < 1.29 is 14.6 Å². The molecule has 0 aliphatic heterocycles. The van der Waals surface area contributed by atoms with Crippen LogP contribution in [0.3, 0.4) is 0 Å². The average molecular weight is 212 g/mol. The first-order chi connectivity index (χ1) is 7.00. The maximum atomic E-state index is 11.2. The van der Waals surface area contributed by atoms with E-state index < -0.39 is 11.5 Å². The van der Waals surface area contributed by atoms with E-state index in [1.165, 1.54) is 4.68 Å². The molecule has 0 amide bonds. The fourth-order valence-corrected chi connectivity index (χ4v) is 1.30. The molecule has 0 saturated heterocycles. The Morgan fingerprint density at radius 2 is 2.40 bits per heavy atom. The van der Waals surface area contributed by atoms with Gasteiger partial charge in [-0.15, -0.1) is 0 Å². The minimum absolute atomic E-state index is 0.389. The lowest BCUT2D eigenvalue weighted by atomic mass is 9.99. The molecule has 5 heteroatoms. The van der Waals surface area contributed by atoms with Gasteiger partial charge in [0.15, 0.2) is 5.54 Å². The molecule has 0 aromatic carbocycles. The lowest BCUT2D eigenvalue weighted by Gasteiger charge is -2.24. The maximum Gasteiger partial charge on any atom is 0.331 e. The van der Waals surface area contributed by atoms with Crippen molar-refractivity contribution in [1.29, 1.82) is 0 Å². The van der Waals surface area contributed by atoms with Gasteiger partial charge in [0.2, 0.25) is 0 Å². The number of ether oxygens (including phenoxy) is 1. The van der Waals surface area contributed by atoms with E-state index in [4.69, 9.17) is 4.74 Å². The van der Waals surface area contributed by atoms with Crippen molar-refractivity contribution in [3.63, 3.8) is 0 Å². The van der Waals surface area contributed by atoms with Gasteiger partial charge in [-0.3, -0.25) is 4.68 Å². The Hall–Kier alpha value is -1.36. The Morgan fingerprint density at radius 3 is 2.80 bits per heavy atom. The summed E-state index contributed by atoms with van der Waals surface area (Å²) in [5, 5.41) is 13.2. The smallest absolute Gasteiger partial charge is 0.331 e. The molecule has 0 spiro atoms. The molecule has 0 aliphatic carbocycles. The molecular formula is C10H16N2O3. The number of hydrogen-bond donors (Lipinski definition) is 1. The molecule has 1 heterocycles. The molecule has 0 bridgehead atoms. The second kappa shape index (κ2) is 4.44. The highest BCUT2D eigenvalue weighted by Crippen LogP contribution is 2.20. The van der Waals surface area contributed by atoms with E-state index in [0.717, 1.165) is 5.56 Å². The van der Waals surface area contributed by atoms with Crippen LogP contribution in [0.25, 0.3) is 0 Å². The van der Waals surface area contributed by atoms with Crippen LogP contribution >= 0.6 is 0 Å². The van der Waals surface area contributed by atoms with Gasteiger partial charge < -0.3 is 9.84 Å². The second-order valence-corrected chi connectivity index (χ2v) is 3.78. The molecule has 1 unspecified atom stereocenters. The van der Waals surface area contributed by atoms with Crippen molar-refractivity contribution in [2.75, 3.05) is 13.7 Å². The fraction of sp³-hybridized carbons (Fsp3) is 0.600. The summed E-state index contributed by atoms with van der Waals surface area (Å²) in [6, 6.07) is 0. The summed E-state index contributed by atoms with van der Waals surface area (Å²) in [6.45, 7) is 3.91. The van der Waals surface area contributed by atoms with Gasteiger partial charge in [0.1, 0.15) is 0 Å². The molecule has 0 radical (unpaired) electrons. The molecule has 0 aliphatic rings. The first-order valence-electron chi connectivity index (χ1n) is 4.75. The first kappa shape index (κ1) is 11.7. The van der Waals surface area contributed by atoms with Gasteiger partial charge in [-0.2, -0.15) is 5.10 Å². The number of carboxylic acid groups (broad SMARTS) is 1. The van der Waals surface area contributed by atoms with Gasteiger partial charge in [0.25, 0.3) is 0 Å². The molecule has 1 rings (SSSR count). The molecule has 1 atom stereocenters. The van der Waals surface area contributed by atoms with Crippen LogP contribution in [-0.2, 0) is 15.1 Å². The summed E-state index contributed by atoms with van der Waals surface area (Å²) in [4.78, 5) is 11.2. The average Bonchev–Trinajstić information content (AvgIpc) is 2.61. The molecule has 1 aromatic heterocycles. The van der Waals surface area contributed by atoms with E-state index in [2.05, 4.69) is 5.10 Å². The number of aromatic nitrogens is 2. The lowest BCUT2D eigenvalue weighted by molar-refractivity contribution is -0.148. The summed E-state index contributed by atoms with van der Waals surface area (Å²) in [5.74, 6) is -0.900. The van der Waals surface area contributed by atoms with Crippen LogP contribution in [0.15, 0.2) is 12.4 Å². The third-order valence-electron chi connectivity index (χ3n) is 2.47. The van der Waals surface area contributed by atoms with Crippen molar-refractivity contribution in [3.05, 3.63) is 18.0 Å². The van der Waals surface area contributed by atoms with E-state index in [1.54, 1.807) is 26.4 Å². The summed E-state index contributed by atoms with van der Waals surface area (Å²) in [5.41, 5.74) is -0.0931. The molecule has 5 nitrogen and oxygen atoms in total. The summed E-state index contributed by atoms with van der Waals surface area (Å²) in [6.07, 6.45) is 3.76. The maximum absolute atomic E-state index is 11.2. The van der Waals surface area contributed by atoms with Crippen molar-refractivity contribution in [1.82, 2.24) is 9.78 Å². The van der Waals surface area contributed by atoms with Crippen LogP contribution in [0.1, 0.15) is 18.9 Å². The third kappa shape index (κ3) is 2.36. The number of aliphatic carboxylic acids is 1. The molecule has 1 aromatic rings. The topological polar surface area (TPSA) is 64.3 Å².